The lowest BCUT2D eigenvalue weighted by atomic mass is 9.71. The number of benzene rings is 1. The minimum atomic E-state index is -0.0768. The molecule has 1 aromatic carbocycles. The van der Waals surface area contributed by atoms with E-state index in [2.05, 4.69) is 71.3 Å². The summed E-state index contributed by atoms with van der Waals surface area (Å²) in [7, 11) is 2.15. The monoisotopic (exact) mass is 403 g/mol. The number of likely N-dealkylation sites (tertiary alicyclic amines) is 1. The second-order valence-corrected chi connectivity index (χ2v) is 9.88. The number of amides is 1. The molecule has 2 N–H and O–H groups in total. The number of carbonyl (C=O) groups excluding carboxylic acids is 1. The van der Waals surface area contributed by atoms with Crippen molar-refractivity contribution in [3.63, 3.8) is 0 Å². The van der Waals surface area contributed by atoms with Crippen molar-refractivity contribution in [1.29, 1.82) is 0 Å². The van der Waals surface area contributed by atoms with E-state index >= 15 is 0 Å². The maximum absolute atomic E-state index is 13.0. The molecule has 0 bridgehead atoms. The Hall–Kier alpha value is -2.73. The Morgan fingerprint density at radius 3 is 2.83 bits per heavy atom. The predicted molar refractivity (Wildman–Crippen MR) is 119 cm³/mol. The fourth-order valence-corrected chi connectivity index (χ4v) is 5.23. The third-order valence-electron chi connectivity index (χ3n) is 6.85. The number of hydrogen-bond acceptors (Lipinski definition) is 4. The molecule has 6 heteroatoms. The van der Waals surface area contributed by atoms with Gasteiger partial charge in [-0.25, -0.2) is 4.98 Å². The predicted octanol–water partition coefficient (Wildman–Crippen LogP) is 3.85. The van der Waals surface area contributed by atoms with Gasteiger partial charge in [0.2, 0.25) is 5.91 Å². The highest BCUT2D eigenvalue weighted by atomic mass is 16.2. The molecule has 5 rings (SSSR count). The number of hydrogen-bond donors (Lipinski definition) is 2. The van der Waals surface area contributed by atoms with E-state index in [0.29, 0.717) is 17.8 Å². The zero-order chi connectivity index (χ0) is 21.0. The summed E-state index contributed by atoms with van der Waals surface area (Å²) in [6, 6.07) is 5.12. The van der Waals surface area contributed by atoms with Crippen LogP contribution < -0.4 is 5.32 Å². The molecule has 0 spiro atoms. The van der Waals surface area contributed by atoms with E-state index in [0.717, 1.165) is 19.4 Å². The van der Waals surface area contributed by atoms with Gasteiger partial charge in [-0.15, -0.1) is 0 Å². The number of nitrogens with zero attached hydrogens (tertiary/aromatic N) is 3. The lowest BCUT2D eigenvalue weighted by molar-refractivity contribution is -0.122. The molecule has 1 amide bonds. The number of rotatable bonds is 2. The standard InChI is InChI=1S/C24H29N5O/c1-24(2,3)16-9-18-17-7-15(23(30)28-21-12-25-5-6-26-21)13-29(4)20(17)8-14-11-27-19(10-16)22(14)18/h5-6,9-12,15,17,20,27H,7-8,13H2,1-4H3,(H,26,28,30)/t15-,17-,20-/m1/s1. The molecular formula is C24H29N5O. The van der Waals surface area contributed by atoms with E-state index in [1.54, 1.807) is 18.6 Å². The van der Waals surface area contributed by atoms with Crippen LogP contribution in [-0.2, 0) is 16.6 Å². The SMILES string of the molecule is CN1C[C@H](C(=O)Nc2cnccn2)C[C@@H]2c3cc(C(C)(C)C)cc4[nH]cc(c34)C[C@H]21. The fourth-order valence-electron chi connectivity index (χ4n) is 5.23. The highest BCUT2D eigenvalue weighted by Gasteiger charge is 2.42. The van der Waals surface area contributed by atoms with Crippen LogP contribution in [0, 0.1) is 5.92 Å². The van der Waals surface area contributed by atoms with Crippen LogP contribution in [0.15, 0.2) is 36.9 Å². The molecule has 6 nitrogen and oxygen atoms in total. The quantitative estimate of drug-likeness (QED) is 0.682. The average Bonchev–Trinajstić information content (AvgIpc) is 3.12. The topological polar surface area (TPSA) is 73.9 Å². The van der Waals surface area contributed by atoms with Gasteiger partial charge in [-0.3, -0.25) is 9.78 Å². The van der Waals surface area contributed by atoms with Gasteiger partial charge in [0.05, 0.1) is 12.1 Å². The van der Waals surface area contributed by atoms with Crippen LogP contribution in [0.2, 0.25) is 0 Å². The van der Waals surface area contributed by atoms with E-state index in [1.807, 2.05) is 0 Å². The van der Waals surface area contributed by atoms with Crippen LogP contribution in [0.4, 0.5) is 5.82 Å². The summed E-state index contributed by atoms with van der Waals surface area (Å²) in [6.07, 6.45) is 8.87. The van der Waals surface area contributed by atoms with E-state index < -0.39 is 0 Å². The molecule has 0 radical (unpaired) electrons. The molecule has 3 atom stereocenters. The molecule has 30 heavy (non-hydrogen) atoms. The molecule has 3 aromatic rings. The van der Waals surface area contributed by atoms with Gasteiger partial charge in [-0.05, 0) is 48.1 Å². The lowest BCUT2D eigenvalue weighted by Gasteiger charge is -2.45. The van der Waals surface area contributed by atoms with Crippen molar-refractivity contribution < 1.29 is 4.79 Å². The second kappa shape index (κ2) is 6.91. The molecule has 156 valence electrons. The van der Waals surface area contributed by atoms with Crippen LogP contribution in [-0.4, -0.2) is 45.4 Å². The minimum Gasteiger partial charge on any atom is -0.361 e. The Morgan fingerprint density at radius 1 is 1.27 bits per heavy atom. The molecule has 2 aromatic heterocycles. The van der Waals surface area contributed by atoms with Crippen molar-refractivity contribution in [3.8, 4) is 0 Å². The number of H-pyrrole nitrogens is 1. The first-order valence-electron chi connectivity index (χ1n) is 10.7. The van der Waals surface area contributed by atoms with Gasteiger partial charge in [0.25, 0.3) is 0 Å². The number of nitrogens with one attached hydrogen (secondary N) is 2. The largest absolute Gasteiger partial charge is 0.361 e. The minimum absolute atomic E-state index is 0.0314. The molecule has 3 heterocycles. The Kier molecular flexibility index (Phi) is 4.43. The summed E-state index contributed by atoms with van der Waals surface area (Å²) >= 11 is 0. The molecule has 2 aliphatic rings. The number of aromatic nitrogens is 3. The van der Waals surface area contributed by atoms with Crippen LogP contribution in [0.1, 0.15) is 49.8 Å². The number of anilines is 1. The maximum Gasteiger partial charge on any atom is 0.229 e. The van der Waals surface area contributed by atoms with Crippen LogP contribution in [0.5, 0.6) is 0 Å². The van der Waals surface area contributed by atoms with Gasteiger partial charge in [-0.1, -0.05) is 26.8 Å². The fraction of sp³-hybridized carbons (Fsp3) is 0.458. The summed E-state index contributed by atoms with van der Waals surface area (Å²) in [5.74, 6) is 0.811. The van der Waals surface area contributed by atoms with Crippen LogP contribution in [0.3, 0.4) is 0 Å². The number of likely N-dealkylation sites (N-methyl/N-ethyl adjacent to an activating group) is 1. The Balaban J connectivity index is 1.51. The van der Waals surface area contributed by atoms with E-state index in [1.165, 1.54) is 27.6 Å². The van der Waals surface area contributed by atoms with Gasteiger partial charge >= 0.3 is 0 Å². The molecule has 1 aliphatic carbocycles. The highest BCUT2D eigenvalue weighted by Crippen LogP contribution is 2.46. The van der Waals surface area contributed by atoms with Crippen molar-refractivity contribution in [2.75, 3.05) is 18.9 Å². The summed E-state index contributed by atoms with van der Waals surface area (Å²) in [4.78, 5) is 27.2. The Labute approximate surface area is 177 Å². The van der Waals surface area contributed by atoms with E-state index in [9.17, 15) is 4.79 Å². The van der Waals surface area contributed by atoms with Crippen molar-refractivity contribution in [1.82, 2.24) is 19.9 Å². The molecule has 0 saturated carbocycles. The van der Waals surface area contributed by atoms with Gasteiger partial charge in [0.15, 0.2) is 5.82 Å². The smallest absolute Gasteiger partial charge is 0.229 e. The Morgan fingerprint density at radius 2 is 2.10 bits per heavy atom. The summed E-state index contributed by atoms with van der Waals surface area (Å²) < 4.78 is 0. The normalized spacial score (nSPS) is 23.9. The first kappa shape index (κ1) is 19.2. The van der Waals surface area contributed by atoms with Crippen molar-refractivity contribution in [2.45, 2.75) is 51.0 Å². The third-order valence-corrected chi connectivity index (χ3v) is 6.85. The first-order chi connectivity index (χ1) is 14.3. The summed E-state index contributed by atoms with van der Waals surface area (Å²) in [6.45, 7) is 7.54. The van der Waals surface area contributed by atoms with Crippen molar-refractivity contribution in [2.24, 2.45) is 5.92 Å². The average molecular weight is 404 g/mol. The zero-order valence-corrected chi connectivity index (χ0v) is 18.1. The summed E-state index contributed by atoms with van der Waals surface area (Å²) in [5, 5.41) is 4.33. The maximum atomic E-state index is 13.0. The number of fused-ring (bicyclic) bond motifs is 2. The lowest BCUT2D eigenvalue weighted by Crippen LogP contribution is -2.50. The highest BCUT2D eigenvalue weighted by molar-refractivity contribution is 5.93. The molecular weight excluding hydrogens is 374 g/mol. The molecule has 1 saturated heterocycles. The molecule has 1 aliphatic heterocycles. The Bertz CT molecular complexity index is 1100. The number of piperidine rings is 1. The first-order valence-corrected chi connectivity index (χ1v) is 10.7. The third kappa shape index (κ3) is 3.19. The molecule has 1 fully saturated rings. The number of aromatic amines is 1. The van der Waals surface area contributed by atoms with Gasteiger partial charge in [0.1, 0.15) is 0 Å². The second-order valence-electron chi connectivity index (χ2n) is 9.88. The van der Waals surface area contributed by atoms with E-state index in [-0.39, 0.29) is 17.2 Å². The van der Waals surface area contributed by atoms with Gasteiger partial charge < -0.3 is 15.2 Å². The van der Waals surface area contributed by atoms with Crippen molar-refractivity contribution >= 4 is 22.6 Å². The van der Waals surface area contributed by atoms with Gasteiger partial charge in [0, 0.05) is 48.0 Å². The molecule has 0 unspecified atom stereocenters. The van der Waals surface area contributed by atoms with Crippen LogP contribution in [0.25, 0.3) is 10.9 Å². The van der Waals surface area contributed by atoms with Crippen LogP contribution >= 0.6 is 0 Å². The number of carbonyl (C=O) groups is 1. The summed E-state index contributed by atoms with van der Waals surface area (Å²) in [5.41, 5.74) is 5.43. The zero-order valence-electron chi connectivity index (χ0n) is 18.1. The van der Waals surface area contributed by atoms with Crippen molar-refractivity contribution in [3.05, 3.63) is 53.6 Å². The van der Waals surface area contributed by atoms with Gasteiger partial charge in [-0.2, -0.15) is 0 Å². The van der Waals surface area contributed by atoms with E-state index in [4.69, 9.17) is 0 Å².